The summed E-state index contributed by atoms with van der Waals surface area (Å²) in [4.78, 5) is 0.272. The van der Waals surface area contributed by atoms with E-state index in [9.17, 15) is 8.42 Å². The minimum Gasteiger partial charge on any atom is -0.381 e. The number of nitrogens with two attached hydrogens (primary N) is 1. The van der Waals surface area contributed by atoms with Crippen molar-refractivity contribution in [1.29, 1.82) is 0 Å². The Morgan fingerprint density at radius 2 is 1.79 bits per heavy atom. The lowest BCUT2D eigenvalue weighted by molar-refractivity contribution is 0.404. The van der Waals surface area contributed by atoms with E-state index in [2.05, 4.69) is 10.0 Å². The molecule has 6 heteroatoms. The number of anilines is 1. The van der Waals surface area contributed by atoms with Gasteiger partial charge in [0.15, 0.2) is 0 Å². The van der Waals surface area contributed by atoms with Crippen molar-refractivity contribution in [2.45, 2.75) is 42.7 Å². The van der Waals surface area contributed by atoms with Crippen LogP contribution in [0.5, 0.6) is 0 Å². The first-order valence-corrected chi connectivity index (χ1v) is 8.07. The average Bonchev–Trinajstić information content (AvgIpc) is 2.42. The van der Waals surface area contributed by atoms with Crippen molar-refractivity contribution in [1.82, 2.24) is 4.72 Å². The van der Waals surface area contributed by atoms with Gasteiger partial charge in [0.2, 0.25) is 10.0 Å². The van der Waals surface area contributed by atoms with Crippen LogP contribution in [0.2, 0.25) is 0 Å². The lowest BCUT2D eigenvalue weighted by Gasteiger charge is -2.30. The predicted molar refractivity (Wildman–Crippen MR) is 76.5 cm³/mol. The maximum Gasteiger partial charge on any atom is 0.240 e. The summed E-state index contributed by atoms with van der Waals surface area (Å²) in [6.45, 7) is 0. The highest BCUT2D eigenvalue weighted by Gasteiger charge is 2.21. The highest BCUT2D eigenvalue weighted by atomic mass is 32.2. The average molecular weight is 283 g/mol. The van der Waals surface area contributed by atoms with Gasteiger partial charge in [0, 0.05) is 17.8 Å². The van der Waals surface area contributed by atoms with Crippen LogP contribution in [0.4, 0.5) is 5.69 Å². The lowest BCUT2D eigenvalue weighted by Crippen LogP contribution is -2.42. The van der Waals surface area contributed by atoms with E-state index in [1.807, 2.05) is 0 Å². The number of rotatable bonds is 4. The molecule has 0 aliphatic heterocycles. The summed E-state index contributed by atoms with van der Waals surface area (Å²) < 4.78 is 25.5. The maximum atomic E-state index is 11.6. The molecule has 0 heterocycles. The molecule has 1 aliphatic carbocycles. The van der Waals surface area contributed by atoms with Gasteiger partial charge in [-0.2, -0.15) is 0 Å². The summed E-state index contributed by atoms with van der Waals surface area (Å²) in [5.74, 6) is 0. The zero-order valence-electron chi connectivity index (χ0n) is 11.1. The molecule has 0 amide bonds. The second-order valence-corrected chi connectivity index (χ2v) is 6.82. The van der Waals surface area contributed by atoms with E-state index in [0.29, 0.717) is 0 Å². The Morgan fingerprint density at radius 3 is 2.37 bits per heavy atom. The van der Waals surface area contributed by atoms with E-state index in [4.69, 9.17) is 5.73 Å². The van der Waals surface area contributed by atoms with Crippen molar-refractivity contribution >= 4 is 15.7 Å². The minimum atomic E-state index is -3.36. The van der Waals surface area contributed by atoms with Crippen LogP contribution in [0, 0.1) is 0 Å². The van der Waals surface area contributed by atoms with Crippen LogP contribution in [0.3, 0.4) is 0 Å². The molecule has 0 bridgehead atoms. The Bertz CT molecular complexity index is 513. The predicted octanol–water partition coefficient (Wildman–Crippen LogP) is 1.28. The third-order valence-corrected chi connectivity index (χ3v) is 5.04. The summed E-state index contributed by atoms with van der Waals surface area (Å²) in [6, 6.07) is 7.22. The fourth-order valence-corrected chi connectivity index (χ4v) is 3.13. The highest BCUT2D eigenvalue weighted by Crippen LogP contribution is 2.22. The van der Waals surface area contributed by atoms with Crippen LogP contribution < -0.4 is 15.8 Å². The normalized spacial score (nSPS) is 24.1. The third-order valence-electron chi connectivity index (χ3n) is 3.60. The number of sulfonamides is 1. The zero-order valence-corrected chi connectivity index (χ0v) is 11.9. The molecular weight excluding hydrogens is 262 g/mol. The molecule has 1 fully saturated rings. The van der Waals surface area contributed by atoms with Gasteiger partial charge in [0.25, 0.3) is 0 Å². The largest absolute Gasteiger partial charge is 0.381 e. The first-order chi connectivity index (χ1) is 9.03. The number of hydrogen-bond acceptors (Lipinski definition) is 4. The van der Waals surface area contributed by atoms with Crippen LogP contribution in [0.15, 0.2) is 29.2 Å². The first kappa shape index (κ1) is 14.3. The Kier molecular flexibility index (Phi) is 4.44. The van der Waals surface area contributed by atoms with Crippen molar-refractivity contribution in [2.75, 3.05) is 12.4 Å². The topological polar surface area (TPSA) is 84.2 Å². The van der Waals surface area contributed by atoms with E-state index in [-0.39, 0.29) is 17.0 Å². The van der Waals surface area contributed by atoms with E-state index in [0.717, 1.165) is 18.5 Å². The molecule has 0 saturated heterocycles. The monoisotopic (exact) mass is 283 g/mol. The highest BCUT2D eigenvalue weighted by molar-refractivity contribution is 7.89. The summed E-state index contributed by atoms with van der Waals surface area (Å²) in [5, 5.41) is 3.39. The van der Waals surface area contributed by atoms with Gasteiger partial charge in [-0.3, -0.25) is 0 Å². The molecule has 2 atom stereocenters. The molecule has 1 aliphatic rings. The molecule has 0 unspecified atom stereocenters. The number of nitrogens with one attached hydrogen (secondary N) is 2. The Hall–Kier alpha value is -1.11. The van der Waals surface area contributed by atoms with E-state index in [1.165, 1.54) is 19.9 Å². The van der Waals surface area contributed by atoms with Gasteiger partial charge in [0.1, 0.15) is 0 Å². The fourth-order valence-electron chi connectivity index (χ4n) is 2.40. The summed E-state index contributed by atoms with van der Waals surface area (Å²) >= 11 is 0. The lowest BCUT2D eigenvalue weighted by atomic mass is 9.91. The standard InChI is InChI=1S/C13H21N3O2S/c1-15-19(17,18)11-8-6-10(7-9-11)16-13-5-3-2-4-12(13)14/h6-9,12-13,15-16H,2-5,14H2,1H3/t12-,13-/m1/s1. The van der Waals surface area contributed by atoms with Gasteiger partial charge >= 0.3 is 0 Å². The van der Waals surface area contributed by atoms with E-state index in [1.54, 1.807) is 24.3 Å². The zero-order chi connectivity index (χ0) is 13.9. The second kappa shape index (κ2) is 5.90. The number of hydrogen-bond donors (Lipinski definition) is 3. The molecule has 1 aromatic carbocycles. The van der Waals surface area contributed by atoms with Crippen molar-refractivity contribution in [3.63, 3.8) is 0 Å². The Labute approximate surface area is 114 Å². The fraction of sp³-hybridized carbons (Fsp3) is 0.538. The maximum absolute atomic E-state index is 11.6. The van der Waals surface area contributed by atoms with E-state index >= 15 is 0 Å². The molecule has 0 radical (unpaired) electrons. The van der Waals surface area contributed by atoms with E-state index < -0.39 is 10.0 Å². The quantitative estimate of drug-likeness (QED) is 0.777. The van der Waals surface area contributed by atoms with Crippen molar-refractivity contribution in [2.24, 2.45) is 5.73 Å². The third kappa shape index (κ3) is 3.46. The second-order valence-electron chi connectivity index (χ2n) is 4.93. The molecule has 2 rings (SSSR count). The number of benzene rings is 1. The molecule has 106 valence electrons. The van der Waals surface area contributed by atoms with Crippen molar-refractivity contribution in [3.05, 3.63) is 24.3 Å². The first-order valence-electron chi connectivity index (χ1n) is 6.58. The molecule has 0 aromatic heterocycles. The molecule has 0 spiro atoms. The summed E-state index contributed by atoms with van der Waals surface area (Å²) in [5.41, 5.74) is 6.99. The summed E-state index contributed by atoms with van der Waals surface area (Å²) in [7, 11) is -1.96. The Morgan fingerprint density at radius 1 is 1.16 bits per heavy atom. The molecule has 1 saturated carbocycles. The van der Waals surface area contributed by atoms with Gasteiger partial charge < -0.3 is 11.1 Å². The SMILES string of the molecule is CNS(=O)(=O)c1ccc(N[C@@H]2CCCC[C@H]2N)cc1. The van der Waals surface area contributed by atoms with Crippen LogP contribution in [0.1, 0.15) is 25.7 Å². The van der Waals surface area contributed by atoms with Crippen molar-refractivity contribution < 1.29 is 8.42 Å². The molecule has 5 nitrogen and oxygen atoms in total. The molecule has 1 aromatic rings. The van der Waals surface area contributed by atoms with Gasteiger partial charge in [-0.1, -0.05) is 12.8 Å². The molecule has 4 N–H and O–H groups in total. The van der Waals surface area contributed by atoms with Crippen LogP contribution in [-0.2, 0) is 10.0 Å². The van der Waals surface area contributed by atoms with Gasteiger partial charge in [0.05, 0.1) is 4.90 Å². The van der Waals surface area contributed by atoms with Crippen LogP contribution >= 0.6 is 0 Å². The molecule has 19 heavy (non-hydrogen) atoms. The van der Waals surface area contributed by atoms with Gasteiger partial charge in [-0.05, 0) is 44.2 Å². The molecular formula is C13H21N3O2S. The smallest absolute Gasteiger partial charge is 0.240 e. The van der Waals surface area contributed by atoms with Crippen LogP contribution in [0.25, 0.3) is 0 Å². The van der Waals surface area contributed by atoms with Crippen LogP contribution in [-0.4, -0.2) is 27.5 Å². The minimum absolute atomic E-state index is 0.175. The summed E-state index contributed by atoms with van der Waals surface area (Å²) in [6.07, 6.45) is 4.50. The van der Waals surface area contributed by atoms with Gasteiger partial charge in [-0.15, -0.1) is 0 Å². The van der Waals surface area contributed by atoms with Crippen molar-refractivity contribution in [3.8, 4) is 0 Å². The van der Waals surface area contributed by atoms with Gasteiger partial charge in [-0.25, -0.2) is 13.1 Å². The Balaban J connectivity index is 2.06.